The number of nitrogens with one attached hydrogen (secondary N) is 1. The van der Waals surface area contributed by atoms with Gasteiger partial charge in [-0.15, -0.1) is 0 Å². The molecule has 0 amide bonds. The Kier molecular flexibility index (Phi) is 7.01. The van der Waals surface area contributed by atoms with Crippen LogP contribution in [0.2, 0.25) is 15.1 Å². The van der Waals surface area contributed by atoms with Crippen LogP contribution in [0, 0.1) is 0 Å². The van der Waals surface area contributed by atoms with Crippen LogP contribution in [0.15, 0.2) is 36.4 Å². The summed E-state index contributed by atoms with van der Waals surface area (Å²) in [6, 6.07) is 10.7. The van der Waals surface area contributed by atoms with Gasteiger partial charge in [0.1, 0.15) is 17.3 Å². The predicted octanol–water partition coefficient (Wildman–Crippen LogP) is 5.67. The second-order valence-electron chi connectivity index (χ2n) is 5.97. The van der Waals surface area contributed by atoms with Gasteiger partial charge in [-0.2, -0.15) is 0 Å². The third-order valence-corrected chi connectivity index (χ3v) is 5.44. The van der Waals surface area contributed by atoms with Crippen LogP contribution in [0.25, 0.3) is 0 Å². The van der Waals surface area contributed by atoms with E-state index in [4.69, 9.17) is 56.5 Å². The highest BCUT2D eigenvalue weighted by Gasteiger charge is 2.17. The lowest BCUT2D eigenvalue weighted by molar-refractivity contribution is 0.114. The number of hydrogen-bond donors (Lipinski definition) is 1. The minimum Gasteiger partial charge on any atom is -0.488 e. The monoisotopic (exact) mass is 429 g/mol. The SMILES string of the molecule is S=C(NC[C@@H]1CCCO1)c1cc(Cl)ccc1OCc1c(Cl)cccc1Cl. The zero-order chi connectivity index (χ0) is 18.5. The molecule has 0 unspecified atom stereocenters. The third-order valence-electron chi connectivity index (χ3n) is 4.13. The lowest BCUT2D eigenvalue weighted by atomic mass is 10.1. The van der Waals surface area contributed by atoms with Crippen molar-refractivity contribution in [3.05, 3.63) is 62.6 Å². The van der Waals surface area contributed by atoms with Crippen LogP contribution in [0.3, 0.4) is 0 Å². The van der Waals surface area contributed by atoms with Crippen LogP contribution in [0.4, 0.5) is 0 Å². The molecular weight excluding hydrogens is 413 g/mol. The fourth-order valence-corrected chi connectivity index (χ4v) is 3.65. The topological polar surface area (TPSA) is 30.5 Å². The molecule has 0 bridgehead atoms. The summed E-state index contributed by atoms with van der Waals surface area (Å²) in [4.78, 5) is 0.572. The van der Waals surface area contributed by atoms with E-state index in [1.165, 1.54) is 0 Å². The smallest absolute Gasteiger partial charge is 0.130 e. The maximum atomic E-state index is 6.21. The summed E-state index contributed by atoms with van der Waals surface area (Å²) in [5.74, 6) is 0.621. The molecule has 1 aliphatic rings. The van der Waals surface area contributed by atoms with E-state index in [1.54, 1.807) is 36.4 Å². The van der Waals surface area contributed by atoms with Crippen LogP contribution < -0.4 is 10.1 Å². The molecule has 0 saturated carbocycles. The van der Waals surface area contributed by atoms with Crippen molar-refractivity contribution in [2.24, 2.45) is 0 Å². The summed E-state index contributed by atoms with van der Waals surface area (Å²) in [7, 11) is 0. The molecule has 2 aromatic rings. The van der Waals surface area contributed by atoms with E-state index in [2.05, 4.69) is 5.32 Å². The van der Waals surface area contributed by atoms with E-state index in [0.29, 0.717) is 32.4 Å². The van der Waals surface area contributed by atoms with Crippen LogP contribution in [0.1, 0.15) is 24.0 Å². The highest BCUT2D eigenvalue weighted by molar-refractivity contribution is 7.80. The fourth-order valence-electron chi connectivity index (χ4n) is 2.73. The first-order valence-electron chi connectivity index (χ1n) is 8.29. The van der Waals surface area contributed by atoms with Crippen molar-refractivity contribution in [3.63, 3.8) is 0 Å². The van der Waals surface area contributed by atoms with Crippen molar-refractivity contribution in [2.45, 2.75) is 25.6 Å². The van der Waals surface area contributed by atoms with E-state index < -0.39 is 0 Å². The van der Waals surface area contributed by atoms with Crippen LogP contribution in [0.5, 0.6) is 5.75 Å². The number of rotatable bonds is 6. The molecule has 3 rings (SSSR count). The first-order chi connectivity index (χ1) is 12.5. The van der Waals surface area contributed by atoms with Gasteiger partial charge in [0.25, 0.3) is 0 Å². The minimum absolute atomic E-state index is 0.193. The first-order valence-corrected chi connectivity index (χ1v) is 9.84. The summed E-state index contributed by atoms with van der Waals surface area (Å²) < 4.78 is 11.6. The molecule has 1 heterocycles. The van der Waals surface area contributed by atoms with E-state index >= 15 is 0 Å². The van der Waals surface area contributed by atoms with Gasteiger partial charge < -0.3 is 14.8 Å². The molecule has 0 aromatic heterocycles. The molecule has 26 heavy (non-hydrogen) atoms. The van der Waals surface area contributed by atoms with Gasteiger partial charge in [0.05, 0.1) is 11.7 Å². The van der Waals surface area contributed by atoms with Crippen LogP contribution >= 0.6 is 47.0 Å². The molecule has 0 radical (unpaired) electrons. The maximum absolute atomic E-state index is 6.21. The molecule has 1 saturated heterocycles. The van der Waals surface area contributed by atoms with E-state index in [1.807, 2.05) is 0 Å². The van der Waals surface area contributed by atoms with Crippen LogP contribution in [-0.4, -0.2) is 24.2 Å². The average Bonchev–Trinajstić information content (AvgIpc) is 3.14. The van der Waals surface area contributed by atoms with E-state index in [9.17, 15) is 0 Å². The molecule has 1 N–H and O–H groups in total. The van der Waals surface area contributed by atoms with Crippen molar-refractivity contribution >= 4 is 52.0 Å². The van der Waals surface area contributed by atoms with Crippen molar-refractivity contribution in [1.29, 1.82) is 0 Å². The Bertz CT molecular complexity index is 774. The van der Waals surface area contributed by atoms with E-state index in [-0.39, 0.29) is 12.7 Å². The van der Waals surface area contributed by atoms with Gasteiger partial charge in [-0.3, -0.25) is 0 Å². The second-order valence-corrected chi connectivity index (χ2v) is 7.63. The summed E-state index contributed by atoms with van der Waals surface area (Å²) in [5.41, 5.74) is 1.46. The van der Waals surface area contributed by atoms with Gasteiger partial charge in [-0.25, -0.2) is 0 Å². The summed E-state index contributed by atoms with van der Waals surface area (Å²) >= 11 is 24.1. The number of halogens is 3. The molecular formula is C19H18Cl3NO2S. The van der Waals surface area contributed by atoms with Gasteiger partial charge in [-0.1, -0.05) is 53.1 Å². The number of benzene rings is 2. The predicted molar refractivity (Wildman–Crippen MR) is 111 cm³/mol. The Morgan fingerprint density at radius 1 is 1.19 bits per heavy atom. The van der Waals surface area contributed by atoms with Crippen LogP contribution in [-0.2, 0) is 11.3 Å². The Labute approximate surface area is 173 Å². The molecule has 3 nitrogen and oxygen atoms in total. The average molecular weight is 431 g/mol. The summed E-state index contributed by atoms with van der Waals surface area (Å²) in [6.45, 7) is 1.71. The second kappa shape index (κ2) is 9.25. The Hall–Kier alpha value is -1.04. The highest BCUT2D eigenvalue weighted by atomic mass is 35.5. The first kappa shape index (κ1) is 19.7. The largest absolute Gasteiger partial charge is 0.488 e. The molecule has 0 spiro atoms. The molecule has 0 aliphatic carbocycles. The summed E-state index contributed by atoms with van der Waals surface area (Å²) in [5, 5.41) is 4.96. The lowest BCUT2D eigenvalue weighted by Gasteiger charge is -2.17. The Balaban J connectivity index is 1.71. The number of ether oxygens (including phenoxy) is 2. The molecule has 7 heteroatoms. The van der Waals surface area contributed by atoms with E-state index in [0.717, 1.165) is 30.6 Å². The van der Waals surface area contributed by atoms with Crippen molar-refractivity contribution < 1.29 is 9.47 Å². The minimum atomic E-state index is 0.193. The quantitative estimate of drug-likeness (QED) is 0.598. The Morgan fingerprint density at radius 3 is 2.65 bits per heavy atom. The standard InChI is InChI=1S/C19H18Cl3NO2S/c20-12-6-7-18(25-11-15-16(21)4-1-5-17(15)22)14(9-12)19(26)23-10-13-3-2-8-24-13/h1,4-7,9,13H,2-3,8,10-11H2,(H,23,26)/t13-/m0/s1. The van der Waals surface area contributed by atoms with Gasteiger partial charge in [0.2, 0.25) is 0 Å². The zero-order valence-corrected chi connectivity index (χ0v) is 17.0. The number of hydrogen-bond acceptors (Lipinski definition) is 3. The fraction of sp³-hybridized carbons (Fsp3) is 0.316. The molecule has 1 atom stereocenters. The molecule has 1 fully saturated rings. The zero-order valence-electron chi connectivity index (χ0n) is 13.9. The molecule has 1 aliphatic heterocycles. The van der Waals surface area contributed by atoms with Gasteiger partial charge in [-0.05, 0) is 43.2 Å². The molecule has 2 aromatic carbocycles. The van der Waals surface area contributed by atoms with Crippen molar-refractivity contribution in [1.82, 2.24) is 5.32 Å². The lowest BCUT2D eigenvalue weighted by Crippen LogP contribution is -2.31. The highest BCUT2D eigenvalue weighted by Crippen LogP contribution is 2.28. The maximum Gasteiger partial charge on any atom is 0.130 e. The Morgan fingerprint density at radius 2 is 1.96 bits per heavy atom. The third kappa shape index (κ3) is 5.02. The normalized spacial score (nSPS) is 16.5. The van der Waals surface area contributed by atoms with Crippen molar-refractivity contribution in [3.8, 4) is 5.75 Å². The van der Waals surface area contributed by atoms with Gasteiger partial charge >= 0.3 is 0 Å². The molecule has 138 valence electrons. The summed E-state index contributed by atoms with van der Waals surface area (Å²) in [6.07, 6.45) is 2.32. The van der Waals surface area contributed by atoms with Gasteiger partial charge in [0, 0.05) is 33.8 Å². The van der Waals surface area contributed by atoms with Crippen molar-refractivity contribution in [2.75, 3.05) is 13.2 Å². The van der Waals surface area contributed by atoms with Gasteiger partial charge in [0.15, 0.2) is 0 Å². The number of thiocarbonyl (C=S) groups is 1.